The first kappa shape index (κ1) is 13.2. The van der Waals surface area contributed by atoms with Crippen LogP contribution in [0.25, 0.3) is 21.8 Å². The monoisotopic (exact) mass is 268 g/mol. The van der Waals surface area contributed by atoms with Crippen molar-refractivity contribution < 1.29 is 4.84 Å². The van der Waals surface area contributed by atoms with Crippen molar-refractivity contribution in [2.24, 2.45) is 5.90 Å². The molecule has 0 amide bonds. The van der Waals surface area contributed by atoms with Gasteiger partial charge in [-0.05, 0) is 44.0 Å². The number of para-hydroxylation sites is 1. The lowest BCUT2D eigenvalue weighted by molar-refractivity contribution is 0.141. The minimum atomic E-state index is 0.440. The molecule has 0 spiro atoms. The number of benzene rings is 2. The fourth-order valence-electron chi connectivity index (χ4n) is 2.94. The van der Waals surface area contributed by atoms with Gasteiger partial charge >= 0.3 is 0 Å². The minimum absolute atomic E-state index is 0.440. The molecule has 2 N–H and O–H groups in total. The summed E-state index contributed by atoms with van der Waals surface area (Å²) in [5.74, 6) is 5.12. The average molecular weight is 268 g/mol. The summed E-state index contributed by atoms with van der Waals surface area (Å²) < 4.78 is 2.40. The second-order valence-corrected chi connectivity index (χ2v) is 5.45. The summed E-state index contributed by atoms with van der Waals surface area (Å²) in [4.78, 5) is 4.68. The number of hydrogen-bond donors (Lipinski definition) is 1. The van der Waals surface area contributed by atoms with Crippen molar-refractivity contribution in [1.82, 2.24) is 4.57 Å². The van der Waals surface area contributed by atoms with Crippen LogP contribution in [-0.4, -0.2) is 11.2 Å². The van der Waals surface area contributed by atoms with Crippen LogP contribution >= 0.6 is 0 Å². The summed E-state index contributed by atoms with van der Waals surface area (Å²) >= 11 is 0. The standard InChI is InChI=1S/C17H20N2O/c1-12(2)19-16-6-4-3-5-14(16)15-11-13(9-10-20-18)7-8-17(15)19/h3-8,11-12H,9-10,18H2,1-2H3. The predicted octanol–water partition coefficient (Wildman–Crippen LogP) is 3.81. The number of aromatic nitrogens is 1. The quantitative estimate of drug-likeness (QED) is 0.731. The van der Waals surface area contributed by atoms with Gasteiger partial charge in [-0.3, -0.25) is 0 Å². The summed E-state index contributed by atoms with van der Waals surface area (Å²) in [5, 5.41) is 2.62. The molecule has 1 heterocycles. The van der Waals surface area contributed by atoms with Crippen LogP contribution in [0.3, 0.4) is 0 Å². The lowest BCUT2D eigenvalue weighted by Gasteiger charge is -2.11. The zero-order valence-corrected chi connectivity index (χ0v) is 12.0. The summed E-state index contributed by atoms with van der Waals surface area (Å²) in [7, 11) is 0. The summed E-state index contributed by atoms with van der Waals surface area (Å²) in [6.45, 7) is 5.00. The van der Waals surface area contributed by atoms with Crippen LogP contribution in [0.1, 0.15) is 25.5 Å². The molecule has 0 saturated heterocycles. The average Bonchev–Trinajstić information content (AvgIpc) is 2.79. The van der Waals surface area contributed by atoms with Gasteiger partial charge in [-0.15, -0.1) is 0 Å². The van der Waals surface area contributed by atoms with E-state index in [4.69, 9.17) is 5.90 Å². The topological polar surface area (TPSA) is 40.2 Å². The van der Waals surface area contributed by atoms with Gasteiger partial charge in [0.1, 0.15) is 0 Å². The maximum atomic E-state index is 5.12. The third-order valence-corrected chi connectivity index (χ3v) is 3.80. The van der Waals surface area contributed by atoms with Crippen LogP contribution in [-0.2, 0) is 11.3 Å². The molecule has 3 nitrogen and oxygen atoms in total. The van der Waals surface area contributed by atoms with E-state index < -0.39 is 0 Å². The highest BCUT2D eigenvalue weighted by molar-refractivity contribution is 6.08. The molecule has 20 heavy (non-hydrogen) atoms. The summed E-state index contributed by atoms with van der Waals surface area (Å²) in [6.07, 6.45) is 0.841. The maximum absolute atomic E-state index is 5.12. The molecule has 0 radical (unpaired) electrons. The van der Waals surface area contributed by atoms with Gasteiger partial charge in [0.05, 0.1) is 6.61 Å². The lowest BCUT2D eigenvalue weighted by atomic mass is 10.1. The molecule has 0 unspecified atom stereocenters. The van der Waals surface area contributed by atoms with Crippen molar-refractivity contribution in [2.75, 3.05) is 6.61 Å². The van der Waals surface area contributed by atoms with Crippen molar-refractivity contribution in [3.05, 3.63) is 48.0 Å². The largest absolute Gasteiger partial charge is 0.338 e. The van der Waals surface area contributed by atoms with Crippen molar-refractivity contribution >= 4 is 21.8 Å². The third-order valence-electron chi connectivity index (χ3n) is 3.80. The second kappa shape index (κ2) is 5.27. The smallest absolute Gasteiger partial charge is 0.0719 e. The molecule has 0 bridgehead atoms. The highest BCUT2D eigenvalue weighted by Gasteiger charge is 2.12. The van der Waals surface area contributed by atoms with Gasteiger partial charge in [0.15, 0.2) is 0 Å². The molecule has 3 rings (SSSR count). The van der Waals surface area contributed by atoms with Crippen molar-refractivity contribution in [1.29, 1.82) is 0 Å². The summed E-state index contributed by atoms with van der Waals surface area (Å²) in [6, 6.07) is 15.7. The van der Waals surface area contributed by atoms with E-state index in [9.17, 15) is 0 Å². The van der Waals surface area contributed by atoms with E-state index in [1.54, 1.807) is 0 Å². The first-order chi connectivity index (χ1) is 9.72. The Bertz CT molecular complexity index is 743. The first-order valence-electron chi connectivity index (χ1n) is 7.05. The number of hydrogen-bond acceptors (Lipinski definition) is 2. The molecule has 0 aliphatic rings. The van der Waals surface area contributed by atoms with Crippen molar-refractivity contribution in [2.45, 2.75) is 26.3 Å². The zero-order chi connectivity index (χ0) is 14.1. The van der Waals surface area contributed by atoms with E-state index in [0.717, 1.165) is 6.42 Å². The molecule has 0 saturated carbocycles. The Morgan fingerprint density at radius 2 is 1.80 bits per heavy atom. The van der Waals surface area contributed by atoms with Gasteiger partial charge in [-0.25, -0.2) is 5.90 Å². The molecule has 0 atom stereocenters. The fourth-order valence-corrected chi connectivity index (χ4v) is 2.94. The molecule has 3 aromatic rings. The predicted molar refractivity (Wildman–Crippen MR) is 83.7 cm³/mol. The van der Waals surface area contributed by atoms with Gasteiger partial charge in [0, 0.05) is 27.8 Å². The lowest BCUT2D eigenvalue weighted by Crippen LogP contribution is -2.03. The van der Waals surface area contributed by atoms with Crippen LogP contribution in [0.15, 0.2) is 42.5 Å². The van der Waals surface area contributed by atoms with Crippen LogP contribution in [0.4, 0.5) is 0 Å². The van der Waals surface area contributed by atoms with Crippen LogP contribution in [0, 0.1) is 0 Å². The molecule has 3 heteroatoms. The fraction of sp³-hybridized carbons (Fsp3) is 0.294. The molecule has 2 aromatic carbocycles. The number of rotatable bonds is 4. The van der Waals surface area contributed by atoms with Gasteiger partial charge in [0.2, 0.25) is 0 Å². The van der Waals surface area contributed by atoms with Crippen LogP contribution in [0.5, 0.6) is 0 Å². The minimum Gasteiger partial charge on any atom is -0.338 e. The Morgan fingerprint density at radius 1 is 1.05 bits per heavy atom. The highest BCUT2D eigenvalue weighted by atomic mass is 16.6. The van der Waals surface area contributed by atoms with Crippen molar-refractivity contribution in [3.63, 3.8) is 0 Å². The normalized spacial score (nSPS) is 11.8. The Kier molecular flexibility index (Phi) is 3.47. The number of nitrogens with zero attached hydrogens (tertiary/aromatic N) is 1. The van der Waals surface area contributed by atoms with E-state index in [0.29, 0.717) is 12.6 Å². The molecular formula is C17H20N2O. The summed E-state index contributed by atoms with van der Waals surface area (Å²) in [5.41, 5.74) is 3.85. The second-order valence-electron chi connectivity index (χ2n) is 5.45. The Labute approximate surface area is 118 Å². The van der Waals surface area contributed by atoms with Crippen LogP contribution in [0.2, 0.25) is 0 Å². The molecule has 0 aliphatic carbocycles. The molecule has 104 valence electrons. The molecule has 0 fully saturated rings. The number of nitrogens with two attached hydrogens (primary N) is 1. The molecule has 0 aliphatic heterocycles. The number of fused-ring (bicyclic) bond motifs is 3. The molecule has 1 aromatic heterocycles. The van der Waals surface area contributed by atoms with E-state index in [1.807, 2.05) is 0 Å². The molecular weight excluding hydrogens is 248 g/mol. The third kappa shape index (κ3) is 2.09. The van der Waals surface area contributed by atoms with Gasteiger partial charge in [0.25, 0.3) is 0 Å². The van der Waals surface area contributed by atoms with Crippen LogP contribution < -0.4 is 5.90 Å². The van der Waals surface area contributed by atoms with E-state index in [-0.39, 0.29) is 0 Å². The SMILES string of the molecule is CC(C)n1c2ccccc2c2cc(CCON)ccc21. The zero-order valence-electron chi connectivity index (χ0n) is 12.0. The van der Waals surface area contributed by atoms with E-state index in [1.165, 1.54) is 27.4 Å². The van der Waals surface area contributed by atoms with E-state index in [2.05, 4.69) is 65.7 Å². The Morgan fingerprint density at radius 3 is 2.55 bits per heavy atom. The Hall–Kier alpha value is -1.84. The van der Waals surface area contributed by atoms with Crippen molar-refractivity contribution in [3.8, 4) is 0 Å². The van der Waals surface area contributed by atoms with Gasteiger partial charge in [-0.2, -0.15) is 0 Å². The van der Waals surface area contributed by atoms with Gasteiger partial charge < -0.3 is 9.40 Å². The van der Waals surface area contributed by atoms with E-state index >= 15 is 0 Å². The van der Waals surface area contributed by atoms with Gasteiger partial charge in [-0.1, -0.05) is 24.3 Å². The first-order valence-corrected chi connectivity index (χ1v) is 7.05. The highest BCUT2D eigenvalue weighted by Crippen LogP contribution is 2.32. The maximum Gasteiger partial charge on any atom is 0.0719 e. The Balaban J connectivity index is 2.26.